The van der Waals surface area contributed by atoms with Crippen LogP contribution in [0.4, 0.5) is 35.1 Å². The van der Waals surface area contributed by atoms with E-state index in [0.29, 0.717) is 21.9 Å². The van der Waals surface area contributed by atoms with Crippen LogP contribution in [0, 0.1) is 6.92 Å². The molecule has 0 radical (unpaired) electrons. The van der Waals surface area contributed by atoms with Crippen LogP contribution in [0.1, 0.15) is 46.3 Å². The molecule has 3 aromatic rings. The zero-order valence-corrected chi connectivity index (χ0v) is 19.7. The summed E-state index contributed by atoms with van der Waals surface area (Å²) in [4.78, 5) is 15.5. The Morgan fingerprint density at radius 2 is 1.81 bits per heavy atom. The van der Waals surface area contributed by atoms with E-state index in [1.807, 2.05) is 6.92 Å². The minimum atomic E-state index is -6.31. The van der Waals surface area contributed by atoms with Crippen molar-refractivity contribution in [1.29, 1.82) is 0 Å². The topological polar surface area (TPSA) is 64.2 Å². The fraction of sp³-hybridized carbons (Fsp3) is 0.476. The third-order valence-electron chi connectivity index (χ3n) is 5.72. The maximum absolute atomic E-state index is 13.9. The molecule has 196 valence electrons. The Bertz CT molecular complexity index is 1300. The highest BCUT2D eigenvalue weighted by Gasteiger charge is 2.64. The molecule has 0 atom stereocenters. The summed E-state index contributed by atoms with van der Waals surface area (Å²) in [5.41, 5.74) is -6.15. The quantitative estimate of drug-likeness (QED) is 0.338. The lowest BCUT2D eigenvalue weighted by molar-refractivity contribution is -0.292. The number of alkyl halides is 8. The van der Waals surface area contributed by atoms with E-state index < -0.39 is 40.9 Å². The Hall–Kier alpha value is -2.97. The van der Waals surface area contributed by atoms with E-state index in [0.717, 1.165) is 37.3 Å². The van der Waals surface area contributed by atoms with Crippen molar-refractivity contribution in [2.75, 3.05) is 6.54 Å². The van der Waals surface area contributed by atoms with Crippen LogP contribution in [-0.4, -0.2) is 44.5 Å². The summed E-state index contributed by atoms with van der Waals surface area (Å²) in [5.74, 6) is -6.18. The van der Waals surface area contributed by atoms with Gasteiger partial charge in [0.15, 0.2) is 11.5 Å². The molecular weight excluding hydrogens is 524 g/mol. The molecule has 0 saturated heterocycles. The molecule has 3 heterocycles. The molecule has 0 spiro atoms. The normalized spacial score (nSPS) is 15.0. The average Bonchev–Trinajstić information content (AvgIpc) is 3.17. The van der Waals surface area contributed by atoms with Crippen LogP contribution in [0.15, 0.2) is 16.7 Å². The van der Waals surface area contributed by atoms with Crippen molar-refractivity contribution in [3.8, 4) is 22.0 Å². The first-order valence-corrected chi connectivity index (χ1v) is 11.4. The summed E-state index contributed by atoms with van der Waals surface area (Å²) < 4.78 is 113. The lowest BCUT2D eigenvalue weighted by Crippen LogP contribution is -2.36. The summed E-state index contributed by atoms with van der Waals surface area (Å²) in [5, 5.41) is 6.34. The fourth-order valence-corrected chi connectivity index (χ4v) is 4.83. The second-order valence-electron chi connectivity index (χ2n) is 8.24. The number of halogens is 8. The number of nitrogens with zero attached hydrogens (tertiary/aromatic N) is 4. The van der Waals surface area contributed by atoms with Crippen LogP contribution in [-0.2, 0) is 19.1 Å². The van der Waals surface area contributed by atoms with Gasteiger partial charge in [-0.1, -0.05) is 5.16 Å². The standard InChI is InChI=1S/C21H18F8N4O2S/c1-4-33(10-5-6-10)18(34)11-7-14(36-9(11)2)13-8-12(31-35-13)16-15(20(24,25)26)17(30-32(16)3)19(22,23)21(27,28)29/h7-8,10H,4-6H2,1-3H3. The first-order chi connectivity index (χ1) is 16.6. The van der Waals surface area contributed by atoms with E-state index in [9.17, 15) is 39.9 Å². The van der Waals surface area contributed by atoms with Crippen LogP contribution in [0.2, 0.25) is 0 Å². The Kier molecular flexibility index (Phi) is 6.21. The van der Waals surface area contributed by atoms with Crippen molar-refractivity contribution in [3.63, 3.8) is 0 Å². The molecular formula is C21H18F8N4O2S. The van der Waals surface area contributed by atoms with E-state index in [4.69, 9.17) is 4.52 Å². The minimum Gasteiger partial charge on any atom is -0.355 e. The van der Waals surface area contributed by atoms with Crippen LogP contribution in [0.5, 0.6) is 0 Å². The second kappa shape index (κ2) is 8.56. The molecule has 1 amide bonds. The number of amides is 1. The monoisotopic (exact) mass is 542 g/mol. The zero-order valence-electron chi connectivity index (χ0n) is 18.9. The van der Waals surface area contributed by atoms with E-state index in [1.54, 1.807) is 11.8 Å². The van der Waals surface area contributed by atoms with Gasteiger partial charge in [0.25, 0.3) is 5.91 Å². The fourth-order valence-electron chi connectivity index (χ4n) is 3.87. The first-order valence-electron chi connectivity index (χ1n) is 10.6. The van der Waals surface area contributed by atoms with Gasteiger partial charge in [-0.2, -0.15) is 40.2 Å². The molecule has 0 aliphatic heterocycles. The third-order valence-corrected chi connectivity index (χ3v) is 6.78. The van der Waals surface area contributed by atoms with Gasteiger partial charge in [-0.05, 0) is 32.8 Å². The van der Waals surface area contributed by atoms with Crippen LogP contribution >= 0.6 is 11.3 Å². The van der Waals surface area contributed by atoms with Crippen molar-refractivity contribution in [2.45, 2.75) is 51.0 Å². The van der Waals surface area contributed by atoms with Crippen molar-refractivity contribution >= 4 is 17.2 Å². The predicted octanol–water partition coefficient (Wildman–Crippen LogP) is 6.41. The minimum absolute atomic E-state index is 0.0925. The number of aryl methyl sites for hydroxylation is 2. The maximum atomic E-state index is 13.9. The molecule has 1 fully saturated rings. The Balaban J connectivity index is 1.76. The van der Waals surface area contributed by atoms with Crippen molar-refractivity contribution in [2.24, 2.45) is 7.05 Å². The summed E-state index contributed by atoms with van der Waals surface area (Å²) in [6.07, 6.45) is -10.1. The van der Waals surface area contributed by atoms with Gasteiger partial charge < -0.3 is 9.42 Å². The molecule has 6 nitrogen and oxygen atoms in total. The van der Waals surface area contributed by atoms with Crippen molar-refractivity contribution in [1.82, 2.24) is 19.8 Å². The summed E-state index contributed by atoms with van der Waals surface area (Å²) >= 11 is 1.10. The van der Waals surface area contributed by atoms with Crippen LogP contribution in [0.3, 0.4) is 0 Å². The van der Waals surface area contributed by atoms with E-state index in [2.05, 4.69) is 10.3 Å². The highest BCUT2D eigenvalue weighted by atomic mass is 32.1. The number of aromatic nitrogens is 3. The summed E-state index contributed by atoms with van der Waals surface area (Å²) in [6, 6.07) is 2.60. The maximum Gasteiger partial charge on any atom is 0.459 e. The van der Waals surface area contributed by atoms with Gasteiger partial charge >= 0.3 is 18.3 Å². The predicted molar refractivity (Wildman–Crippen MR) is 111 cm³/mol. The summed E-state index contributed by atoms with van der Waals surface area (Å²) in [6.45, 7) is 4.00. The van der Waals surface area contributed by atoms with Gasteiger partial charge in [-0.25, -0.2) is 0 Å². The highest BCUT2D eigenvalue weighted by Crippen LogP contribution is 2.50. The lowest BCUT2D eigenvalue weighted by atomic mass is 10.0. The van der Waals surface area contributed by atoms with Gasteiger partial charge in [-0.15, -0.1) is 11.3 Å². The molecule has 0 unspecified atom stereocenters. The van der Waals surface area contributed by atoms with Crippen LogP contribution in [0.25, 0.3) is 22.0 Å². The zero-order chi connectivity index (χ0) is 26.8. The van der Waals surface area contributed by atoms with Crippen LogP contribution < -0.4 is 0 Å². The van der Waals surface area contributed by atoms with E-state index in [-0.39, 0.29) is 22.4 Å². The molecule has 0 aromatic carbocycles. The molecule has 1 saturated carbocycles. The first kappa shape index (κ1) is 26.1. The largest absolute Gasteiger partial charge is 0.459 e. The number of hydrogen-bond acceptors (Lipinski definition) is 5. The molecule has 15 heteroatoms. The molecule has 0 bridgehead atoms. The SMILES string of the molecule is CCN(C(=O)c1cc(-c2cc(-c3c(C(F)(F)F)c(C(F)(F)C(F)(F)F)nn3C)no2)sc1C)C1CC1. The second-order valence-corrected chi connectivity index (χ2v) is 9.50. The number of carbonyl (C=O) groups is 1. The molecule has 36 heavy (non-hydrogen) atoms. The van der Waals surface area contributed by atoms with Crippen molar-refractivity contribution in [3.05, 3.63) is 33.8 Å². The van der Waals surface area contributed by atoms with Gasteiger partial charge in [0.2, 0.25) is 0 Å². The molecule has 1 aliphatic rings. The number of thiophene rings is 1. The number of hydrogen-bond donors (Lipinski definition) is 0. The summed E-state index contributed by atoms with van der Waals surface area (Å²) in [7, 11) is 0.790. The third kappa shape index (κ3) is 4.37. The number of rotatable bonds is 6. The Morgan fingerprint density at radius 1 is 1.17 bits per heavy atom. The van der Waals surface area contributed by atoms with Gasteiger partial charge in [0.05, 0.1) is 10.4 Å². The smallest absolute Gasteiger partial charge is 0.355 e. The van der Waals surface area contributed by atoms with E-state index in [1.165, 1.54) is 6.07 Å². The molecule has 4 rings (SSSR count). The molecule has 3 aromatic heterocycles. The Morgan fingerprint density at radius 3 is 2.33 bits per heavy atom. The Labute approximate surface area is 202 Å². The van der Waals surface area contributed by atoms with Gasteiger partial charge in [-0.3, -0.25) is 9.48 Å². The molecule has 0 N–H and O–H groups in total. The van der Waals surface area contributed by atoms with Gasteiger partial charge in [0.1, 0.15) is 17.0 Å². The average molecular weight is 542 g/mol. The number of carbonyl (C=O) groups excluding carboxylic acids is 1. The highest BCUT2D eigenvalue weighted by molar-refractivity contribution is 7.15. The van der Waals surface area contributed by atoms with E-state index >= 15 is 0 Å². The molecule has 1 aliphatic carbocycles. The lowest BCUT2D eigenvalue weighted by Gasteiger charge is -2.20. The van der Waals surface area contributed by atoms with Crippen molar-refractivity contribution < 1.29 is 44.4 Å². The van der Waals surface area contributed by atoms with Gasteiger partial charge in [0, 0.05) is 30.6 Å².